The van der Waals surface area contributed by atoms with Gasteiger partial charge in [-0.1, -0.05) is 12.7 Å². The van der Waals surface area contributed by atoms with Crippen molar-refractivity contribution in [2.75, 3.05) is 9.80 Å². The number of furan rings is 2. The molecule has 3 amide bonds. The zero-order valence-corrected chi connectivity index (χ0v) is 13.3. The number of hydrogen-bond donors (Lipinski definition) is 0. The van der Waals surface area contributed by atoms with Crippen LogP contribution in [0.4, 0.5) is 28.3 Å². The van der Waals surface area contributed by atoms with Crippen LogP contribution in [0.1, 0.15) is 0 Å². The first kappa shape index (κ1) is 17.5. The first-order valence-corrected chi connectivity index (χ1v) is 7.15. The summed E-state index contributed by atoms with van der Waals surface area (Å²) in [5, 5.41) is 21.5. The summed E-state index contributed by atoms with van der Waals surface area (Å²) in [5.41, 5.74) is 0. The molecule has 1 fully saturated rings. The molecule has 1 saturated heterocycles. The second-order valence-corrected chi connectivity index (χ2v) is 4.97. The van der Waals surface area contributed by atoms with E-state index in [2.05, 4.69) is 11.6 Å². The number of urea groups is 1. The highest BCUT2D eigenvalue weighted by Crippen LogP contribution is 2.34. The van der Waals surface area contributed by atoms with E-state index in [0.29, 0.717) is 4.90 Å². The third-order valence-corrected chi connectivity index (χ3v) is 3.39. The molecule has 0 saturated carbocycles. The number of hydrogen-bond acceptors (Lipinski definition) is 9. The molecule has 0 bridgehead atoms. The van der Waals surface area contributed by atoms with Crippen molar-refractivity contribution in [1.29, 1.82) is 0 Å². The van der Waals surface area contributed by atoms with E-state index >= 15 is 0 Å². The lowest BCUT2D eigenvalue weighted by atomic mass is 10.4. The monoisotopic (exact) mass is 375 g/mol. The summed E-state index contributed by atoms with van der Waals surface area (Å²) < 4.78 is 9.87. The molecule has 138 valence electrons. The average molecular weight is 375 g/mol. The van der Waals surface area contributed by atoms with Crippen LogP contribution in [0.2, 0.25) is 0 Å². The van der Waals surface area contributed by atoms with Crippen LogP contribution in [0.5, 0.6) is 0 Å². The third-order valence-electron chi connectivity index (χ3n) is 3.39. The van der Waals surface area contributed by atoms with Crippen molar-refractivity contribution < 1.29 is 28.3 Å². The van der Waals surface area contributed by atoms with Crippen LogP contribution >= 0.6 is 0 Å². The van der Waals surface area contributed by atoms with E-state index < -0.39 is 45.6 Å². The highest BCUT2D eigenvalue weighted by Gasteiger charge is 2.50. The maximum absolute atomic E-state index is 12.7. The van der Waals surface area contributed by atoms with E-state index in [1.807, 2.05) is 0 Å². The topological polar surface area (TPSA) is 166 Å². The van der Waals surface area contributed by atoms with E-state index in [-0.39, 0.29) is 5.88 Å². The van der Waals surface area contributed by atoms with Crippen molar-refractivity contribution >= 4 is 41.7 Å². The van der Waals surface area contributed by atoms with E-state index in [4.69, 9.17) is 8.83 Å². The first-order valence-electron chi connectivity index (χ1n) is 7.15. The van der Waals surface area contributed by atoms with Crippen molar-refractivity contribution in [1.82, 2.24) is 0 Å². The Morgan fingerprint density at radius 2 is 1.59 bits per heavy atom. The van der Waals surface area contributed by atoms with E-state index in [9.17, 15) is 29.8 Å². The van der Waals surface area contributed by atoms with Crippen LogP contribution < -0.4 is 9.80 Å². The molecule has 3 heterocycles. The summed E-state index contributed by atoms with van der Waals surface area (Å²) in [7, 11) is 0. The fraction of sp³-hybridized carbons (Fsp3) is 0.0714. The Kier molecular flexibility index (Phi) is 4.25. The molecular formula is C14H9N5O8. The third kappa shape index (κ3) is 2.92. The number of aliphatic imine (C=N–C) groups is 1. The molecular weight excluding hydrogens is 366 g/mol. The Morgan fingerprint density at radius 1 is 1.04 bits per heavy atom. The van der Waals surface area contributed by atoms with Crippen LogP contribution in [0, 0.1) is 20.2 Å². The van der Waals surface area contributed by atoms with Gasteiger partial charge in [0.2, 0.25) is 17.9 Å². The summed E-state index contributed by atoms with van der Waals surface area (Å²) in [6, 6.07) is 3.14. The lowest BCUT2D eigenvalue weighted by Gasteiger charge is -2.14. The largest absolute Gasteiger partial charge is 0.434 e. The van der Waals surface area contributed by atoms with Crippen molar-refractivity contribution in [2.24, 2.45) is 4.99 Å². The lowest BCUT2D eigenvalue weighted by Crippen LogP contribution is -2.34. The van der Waals surface area contributed by atoms with Gasteiger partial charge >= 0.3 is 17.8 Å². The lowest BCUT2D eigenvalue weighted by molar-refractivity contribution is -0.402. The number of anilines is 2. The van der Waals surface area contributed by atoms with E-state index in [0.717, 1.165) is 35.4 Å². The molecule has 13 heteroatoms. The Hall–Kier alpha value is -4.29. The first-order chi connectivity index (χ1) is 12.8. The van der Waals surface area contributed by atoms with E-state index in [1.54, 1.807) is 0 Å². The predicted molar refractivity (Wildman–Crippen MR) is 88.6 cm³/mol. The number of rotatable bonds is 6. The number of amides is 3. The second kappa shape index (κ2) is 6.55. The highest BCUT2D eigenvalue weighted by atomic mass is 16.7. The fourth-order valence-corrected chi connectivity index (χ4v) is 2.30. The molecule has 1 atom stereocenters. The highest BCUT2D eigenvalue weighted by molar-refractivity contribution is 6.27. The van der Waals surface area contributed by atoms with Gasteiger partial charge in [0.25, 0.3) is 5.91 Å². The molecule has 3 rings (SSSR count). The second-order valence-electron chi connectivity index (χ2n) is 4.97. The van der Waals surface area contributed by atoms with Crippen LogP contribution in [-0.4, -0.2) is 34.2 Å². The van der Waals surface area contributed by atoms with Crippen molar-refractivity contribution in [3.63, 3.8) is 0 Å². The average Bonchev–Trinajstić information content (AvgIpc) is 3.31. The minimum Gasteiger partial charge on any atom is -0.384 e. The smallest absolute Gasteiger partial charge is 0.384 e. The molecule has 2 aromatic rings. The number of carbonyl (C=O) groups excluding carboxylic acids is 2. The van der Waals surface area contributed by atoms with Gasteiger partial charge in [-0.15, -0.1) is 0 Å². The molecule has 2 aromatic heterocycles. The molecule has 27 heavy (non-hydrogen) atoms. The number of nitro groups is 2. The standard InChI is InChI=1S/C14H9N5O8/c1-2-7-15-12-13(20)17(9-4-6-11(27-9)19(24)25)14(21)16(12)8-3-5-10(26-8)18(22)23/h2-7,12H,1H2/b15-7+. The molecule has 0 aromatic carbocycles. The van der Waals surface area contributed by atoms with Gasteiger partial charge in [0.1, 0.15) is 9.85 Å². The SMILES string of the molecule is C=C/C=N/C1C(=O)N(c2ccc([N+](=O)[O-])o2)C(=O)N1c1ccc([N+](=O)[O-])o1. The molecule has 13 nitrogen and oxygen atoms in total. The quantitative estimate of drug-likeness (QED) is 0.321. The summed E-state index contributed by atoms with van der Waals surface area (Å²) in [5.74, 6) is -2.94. The van der Waals surface area contributed by atoms with Gasteiger partial charge in [0.05, 0.1) is 12.1 Å². The fourth-order valence-electron chi connectivity index (χ4n) is 2.30. The summed E-state index contributed by atoms with van der Waals surface area (Å²) in [6.45, 7) is 3.41. The van der Waals surface area contributed by atoms with Gasteiger partial charge in [-0.2, -0.15) is 4.90 Å². The zero-order valence-electron chi connectivity index (χ0n) is 13.3. The Balaban J connectivity index is 2.04. The van der Waals surface area contributed by atoms with Crippen molar-refractivity contribution in [3.05, 3.63) is 57.1 Å². The van der Waals surface area contributed by atoms with Crippen LogP contribution in [0.25, 0.3) is 0 Å². The van der Waals surface area contributed by atoms with Crippen molar-refractivity contribution in [2.45, 2.75) is 6.17 Å². The predicted octanol–water partition coefficient (Wildman–Crippen LogP) is 2.25. The van der Waals surface area contributed by atoms with Gasteiger partial charge in [0.15, 0.2) is 0 Å². The maximum Gasteiger partial charge on any atom is 0.434 e. The Bertz CT molecular complexity index is 989. The van der Waals surface area contributed by atoms with Crippen LogP contribution in [0.3, 0.4) is 0 Å². The zero-order chi connectivity index (χ0) is 19.7. The molecule has 1 aliphatic rings. The Morgan fingerprint density at radius 3 is 2.11 bits per heavy atom. The summed E-state index contributed by atoms with van der Waals surface area (Å²) >= 11 is 0. The molecule has 1 unspecified atom stereocenters. The maximum atomic E-state index is 12.7. The molecule has 0 N–H and O–H groups in total. The minimum absolute atomic E-state index is 0.310. The number of nitrogens with zero attached hydrogens (tertiary/aromatic N) is 5. The Labute approximate surface area is 149 Å². The van der Waals surface area contributed by atoms with Crippen LogP contribution in [-0.2, 0) is 4.79 Å². The summed E-state index contributed by atoms with van der Waals surface area (Å²) in [6.07, 6.45) is 0.931. The number of allylic oxidation sites excluding steroid dienone is 1. The number of carbonyl (C=O) groups is 2. The minimum atomic E-state index is -1.47. The van der Waals surface area contributed by atoms with Gasteiger partial charge in [-0.25, -0.2) is 9.69 Å². The number of imide groups is 1. The van der Waals surface area contributed by atoms with Crippen molar-refractivity contribution in [3.8, 4) is 0 Å². The van der Waals surface area contributed by atoms with Gasteiger partial charge in [-0.05, 0) is 0 Å². The summed E-state index contributed by atoms with van der Waals surface area (Å²) in [4.78, 5) is 50.4. The van der Waals surface area contributed by atoms with Gasteiger partial charge < -0.3 is 8.83 Å². The molecule has 0 aliphatic carbocycles. The molecule has 1 aliphatic heterocycles. The van der Waals surface area contributed by atoms with Gasteiger partial charge in [0, 0.05) is 18.3 Å². The van der Waals surface area contributed by atoms with Crippen LogP contribution in [0.15, 0.2) is 50.7 Å². The van der Waals surface area contributed by atoms with E-state index in [1.165, 1.54) is 6.08 Å². The normalized spacial score (nSPS) is 17.1. The molecule has 0 spiro atoms. The molecule has 0 radical (unpaired) electrons. The van der Waals surface area contributed by atoms with Gasteiger partial charge in [-0.3, -0.25) is 30.0 Å².